The van der Waals surface area contributed by atoms with E-state index in [1.807, 2.05) is 11.9 Å². The lowest BCUT2D eigenvalue weighted by molar-refractivity contribution is -0.147. The Morgan fingerprint density at radius 3 is 2.52 bits per heavy atom. The molecule has 2 aromatic rings. The molecule has 0 saturated heterocycles. The lowest BCUT2D eigenvalue weighted by Crippen LogP contribution is -2.42. The number of halogens is 1. The number of fused-ring (bicyclic) bond motifs is 1. The minimum absolute atomic E-state index is 0.455. The number of carboxylic acid groups (broad SMARTS) is 1. The molecule has 1 aliphatic carbocycles. The van der Waals surface area contributed by atoms with Crippen molar-refractivity contribution in [2.45, 2.75) is 69.7 Å². The molecule has 178 valence electrons. The summed E-state index contributed by atoms with van der Waals surface area (Å²) in [5, 5.41) is 10.2. The van der Waals surface area contributed by atoms with E-state index in [2.05, 4.69) is 58.7 Å². The number of benzene rings is 2. The molecule has 0 radical (unpaired) electrons. The Balaban J connectivity index is 1.69. The maximum absolute atomic E-state index is 11.6. The van der Waals surface area contributed by atoms with Gasteiger partial charge in [0.05, 0.1) is 11.1 Å². The van der Waals surface area contributed by atoms with Gasteiger partial charge in [-0.25, -0.2) is 4.31 Å². The smallest absolute Gasteiger partial charge is 0.309 e. The second kappa shape index (κ2) is 10.3. The number of carbonyl (C=O) groups is 1. The lowest BCUT2D eigenvalue weighted by atomic mass is 9.83. The summed E-state index contributed by atoms with van der Waals surface area (Å²) in [6.07, 6.45) is 7.80. The number of hydrogen-bond acceptors (Lipinski definition) is 4. The van der Waals surface area contributed by atoms with Crippen molar-refractivity contribution in [2.75, 3.05) is 18.5 Å². The summed E-state index contributed by atoms with van der Waals surface area (Å²) in [4.78, 5) is 15.2. The molecule has 2 aromatic carbocycles. The number of hydrogen-bond donors (Lipinski definition) is 1. The van der Waals surface area contributed by atoms with Crippen LogP contribution in [0.5, 0.6) is 0 Å². The Hall–Kier alpha value is -1.69. The van der Waals surface area contributed by atoms with Crippen molar-refractivity contribution in [1.82, 2.24) is 4.31 Å². The van der Waals surface area contributed by atoms with Gasteiger partial charge in [-0.3, -0.25) is 4.79 Å². The highest BCUT2D eigenvalue weighted by atomic mass is 35.5. The molecule has 33 heavy (non-hydrogen) atoms. The van der Waals surface area contributed by atoms with Gasteiger partial charge in [-0.15, -0.1) is 0 Å². The zero-order valence-electron chi connectivity index (χ0n) is 19.9. The average Bonchev–Trinajstić information content (AvgIpc) is 2.94. The van der Waals surface area contributed by atoms with Gasteiger partial charge in [0.15, 0.2) is 0 Å². The molecule has 4 rings (SSSR count). The fourth-order valence-electron chi connectivity index (χ4n) is 5.06. The van der Waals surface area contributed by atoms with Gasteiger partial charge in [0.2, 0.25) is 0 Å². The molecule has 1 fully saturated rings. The molecule has 1 aliphatic heterocycles. The van der Waals surface area contributed by atoms with E-state index in [1.54, 1.807) is 13.8 Å². The number of likely N-dealkylation sites (N-methyl/N-ethyl adjacent to an activating group) is 1. The van der Waals surface area contributed by atoms with Gasteiger partial charge in [0.1, 0.15) is 0 Å². The topological polar surface area (TPSA) is 43.8 Å². The molecular weight excluding hydrogens is 452 g/mol. The molecule has 1 N–H and O–H groups in total. The van der Waals surface area contributed by atoms with Crippen LogP contribution in [0, 0.1) is 11.3 Å². The molecule has 0 bridgehead atoms. The summed E-state index contributed by atoms with van der Waals surface area (Å²) in [7, 11) is 2.23. The fraction of sp³-hybridized carbons (Fsp3) is 0.519. The van der Waals surface area contributed by atoms with Gasteiger partial charge in [-0.2, -0.15) is 0 Å². The first-order chi connectivity index (χ1) is 15.8. The van der Waals surface area contributed by atoms with E-state index in [0.29, 0.717) is 24.8 Å². The van der Waals surface area contributed by atoms with Crippen molar-refractivity contribution in [3.63, 3.8) is 0 Å². The van der Waals surface area contributed by atoms with Gasteiger partial charge in [-0.05, 0) is 94.3 Å². The van der Waals surface area contributed by atoms with E-state index in [0.717, 1.165) is 22.8 Å². The number of nitrogens with zero attached hydrogens (tertiary/aromatic N) is 2. The minimum Gasteiger partial charge on any atom is -0.481 e. The third-order valence-corrected chi connectivity index (χ3v) is 8.79. The van der Waals surface area contributed by atoms with Gasteiger partial charge < -0.3 is 10.0 Å². The van der Waals surface area contributed by atoms with Crippen molar-refractivity contribution in [3.8, 4) is 0 Å². The van der Waals surface area contributed by atoms with Gasteiger partial charge >= 0.3 is 5.97 Å². The number of carboxylic acids is 1. The SMILES string of the molecule is CN1Sc2cc(CCC(C)(C)C(=O)O)c(Cl)cc2N(c2ccccc2)C[C@H]1C1CCCCC1. The Kier molecular flexibility index (Phi) is 7.62. The highest BCUT2D eigenvalue weighted by Crippen LogP contribution is 2.45. The van der Waals surface area contributed by atoms with Crippen molar-refractivity contribution in [3.05, 3.63) is 53.1 Å². The summed E-state index contributed by atoms with van der Waals surface area (Å²) in [5.41, 5.74) is 2.58. The second-order valence-corrected chi connectivity index (χ2v) is 11.8. The maximum atomic E-state index is 11.6. The van der Waals surface area contributed by atoms with Crippen LogP contribution in [0.25, 0.3) is 0 Å². The summed E-state index contributed by atoms with van der Waals surface area (Å²) >= 11 is 8.61. The van der Waals surface area contributed by atoms with Crippen LogP contribution in [-0.4, -0.2) is 35.0 Å². The minimum atomic E-state index is -0.776. The normalized spacial score (nSPS) is 20.4. The Morgan fingerprint density at radius 1 is 1.15 bits per heavy atom. The first kappa shape index (κ1) is 24.4. The van der Waals surface area contributed by atoms with Crippen LogP contribution in [-0.2, 0) is 11.2 Å². The number of aliphatic carboxylic acids is 1. The zero-order chi connectivity index (χ0) is 23.6. The van der Waals surface area contributed by atoms with Crippen LogP contribution in [0.4, 0.5) is 11.4 Å². The summed E-state index contributed by atoms with van der Waals surface area (Å²) in [6.45, 7) is 4.50. The summed E-state index contributed by atoms with van der Waals surface area (Å²) in [5.74, 6) is -0.0730. The van der Waals surface area contributed by atoms with Gasteiger partial charge in [0.25, 0.3) is 0 Å². The number of rotatable bonds is 6. The van der Waals surface area contributed by atoms with E-state index < -0.39 is 11.4 Å². The van der Waals surface area contributed by atoms with E-state index in [1.165, 1.54) is 42.7 Å². The molecule has 0 spiro atoms. The molecule has 0 aromatic heterocycles. The van der Waals surface area contributed by atoms with Crippen molar-refractivity contribution >= 4 is 40.9 Å². The highest BCUT2D eigenvalue weighted by Gasteiger charge is 2.34. The second-order valence-electron chi connectivity index (χ2n) is 10.1. The first-order valence-electron chi connectivity index (χ1n) is 12.1. The van der Waals surface area contributed by atoms with Crippen LogP contribution in [0.1, 0.15) is 57.9 Å². The van der Waals surface area contributed by atoms with E-state index in [-0.39, 0.29) is 0 Å². The Bertz CT molecular complexity index is 976. The molecular formula is C27H35ClN2O2S. The zero-order valence-corrected chi connectivity index (χ0v) is 21.5. The molecule has 1 saturated carbocycles. The van der Waals surface area contributed by atoms with E-state index in [4.69, 9.17) is 11.6 Å². The van der Waals surface area contributed by atoms with Crippen LogP contribution in [0.15, 0.2) is 47.4 Å². The van der Waals surface area contributed by atoms with Gasteiger partial charge in [0, 0.05) is 28.2 Å². The number of anilines is 2. The fourth-order valence-corrected chi connectivity index (χ4v) is 6.45. The first-order valence-corrected chi connectivity index (χ1v) is 13.2. The monoisotopic (exact) mass is 486 g/mol. The number of aryl methyl sites for hydroxylation is 1. The van der Waals surface area contributed by atoms with Gasteiger partial charge in [-0.1, -0.05) is 49.1 Å². The molecule has 4 nitrogen and oxygen atoms in total. The predicted octanol–water partition coefficient (Wildman–Crippen LogP) is 7.42. The molecule has 0 unspecified atom stereocenters. The molecule has 6 heteroatoms. The van der Waals surface area contributed by atoms with Crippen molar-refractivity contribution in [1.29, 1.82) is 0 Å². The number of para-hydroxylation sites is 1. The van der Waals surface area contributed by atoms with Crippen molar-refractivity contribution in [2.24, 2.45) is 11.3 Å². The van der Waals surface area contributed by atoms with E-state index >= 15 is 0 Å². The summed E-state index contributed by atoms with van der Waals surface area (Å²) in [6, 6.07) is 15.3. The Labute approximate surface area is 207 Å². The molecule has 1 atom stereocenters. The summed E-state index contributed by atoms with van der Waals surface area (Å²) < 4.78 is 2.45. The average molecular weight is 487 g/mol. The lowest BCUT2D eigenvalue weighted by Gasteiger charge is -2.37. The van der Waals surface area contributed by atoms with Crippen molar-refractivity contribution < 1.29 is 9.90 Å². The largest absolute Gasteiger partial charge is 0.481 e. The molecule has 1 heterocycles. The predicted molar refractivity (Wildman–Crippen MR) is 139 cm³/mol. The van der Waals surface area contributed by atoms with Crippen LogP contribution in [0.3, 0.4) is 0 Å². The maximum Gasteiger partial charge on any atom is 0.309 e. The third-order valence-electron chi connectivity index (χ3n) is 7.36. The van der Waals surface area contributed by atoms with E-state index in [9.17, 15) is 9.90 Å². The molecule has 2 aliphatic rings. The van der Waals surface area contributed by atoms with Crippen LogP contribution >= 0.6 is 23.5 Å². The van der Waals surface area contributed by atoms with Crippen LogP contribution < -0.4 is 4.90 Å². The Morgan fingerprint density at radius 2 is 1.85 bits per heavy atom. The third kappa shape index (κ3) is 5.52. The quantitative estimate of drug-likeness (QED) is 0.430. The van der Waals surface area contributed by atoms with Crippen LogP contribution in [0.2, 0.25) is 5.02 Å². The molecule has 0 amide bonds. The highest BCUT2D eigenvalue weighted by molar-refractivity contribution is 7.97. The standard InChI is InChI=1S/C27H35ClN2O2S/c1-27(2,26(31)32)15-14-20-16-25-23(17-22(20)28)30(21-12-8-5-9-13-21)18-24(29(3)33-25)19-10-6-4-7-11-19/h5,8-9,12-13,16-17,19,24H,4,6-7,10-11,14-15,18H2,1-3H3,(H,31,32)/t24-/m0/s1.